The van der Waals surface area contributed by atoms with Gasteiger partial charge in [0, 0.05) is 10.8 Å². The molecule has 2 N–H and O–H groups in total. The lowest BCUT2D eigenvalue weighted by Crippen LogP contribution is -2.42. The van der Waals surface area contributed by atoms with Crippen molar-refractivity contribution in [2.45, 2.75) is 19.6 Å². The maximum Gasteiger partial charge on any atom is 0.273 e. The van der Waals surface area contributed by atoms with Gasteiger partial charge in [-0.3, -0.25) is 20.4 Å². The molecule has 1 heterocycles. The topological polar surface area (TPSA) is 71.3 Å². The average Bonchev–Trinajstić information content (AvgIpc) is 2.85. The molecule has 2 aromatic rings. The molecular weight excluding hydrogens is 336 g/mol. The zero-order valence-corrected chi connectivity index (χ0v) is 14.4. The van der Waals surface area contributed by atoms with Gasteiger partial charge in [0.1, 0.15) is 11.5 Å². The van der Waals surface area contributed by atoms with Crippen LogP contribution in [0.15, 0.2) is 34.7 Å². The quantitative estimate of drug-likeness (QED) is 0.810. The Morgan fingerprint density at radius 1 is 1.17 bits per heavy atom. The van der Waals surface area contributed by atoms with Crippen LogP contribution in [0.25, 0.3) is 0 Å². The summed E-state index contributed by atoms with van der Waals surface area (Å²) in [6, 6.07) is 9.09. The van der Waals surface area contributed by atoms with Gasteiger partial charge in [-0.2, -0.15) is 0 Å². The molecule has 122 valence electrons. The lowest BCUT2D eigenvalue weighted by atomic mass is 10.2. The number of rotatable bonds is 5. The van der Waals surface area contributed by atoms with Gasteiger partial charge in [0.2, 0.25) is 5.91 Å². The zero-order valence-electron chi connectivity index (χ0n) is 12.8. The van der Waals surface area contributed by atoms with Crippen molar-refractivity contribution in [3.63, 3.8) is 0 Å². The van der Waals surface area contributed by atoms with E-state index in [2.05, 4.69) is 10.9 Å². The van der Waals surface area contributed by atoms with Crippen molar-refractivity contribution < 1.29 is 14.0 Å². The molecule has 5 nitrogen and oxygen atoms in total. The minimum Gasteiger partial charge on any atom is -0.466 e. The summed E-state index contributed by atoms with van der Waals surface area (Å²) in [6.45, 7) is 3.46. The number of hydrogen-bond donors (Lipinski definition) is 2. The first-order valence-electron chi connectivity index (χ1n) is 6.94. The molecule has 23 heavy (non-hydrogen) atoms. The third kappa shape index (κ3) is 5.33. The van der Waals surface area contributed by atoms with Gasteiger partial charge >= 0.3 is 0 Å². The van der Waals surface area contributed by atoms with Gasteiger partial charge in [0.15, 0.2) is 0 Å². The lowest BCUT2D eigenvalue weighted by molar-refractivity contribution is -0.119. The molecule has 1 aromatic heterocycles. The molecule has 0 aliphatic rings. The molecule has 2 amide bonds. The largest absolute Gasteiger partial charge is 0.466 e. The van der Waals surface area contributed by atoms with Gasteiger partial charge < -0.3 is 4.42 Å². The minimum atomic E-state index is -0.393. The first-order valence-corrected chi connectivity index (χ1v) is 8.47. The van der Waals surface area contributed by atoms with Crippen molar-refractivity contribution in [1.82, 2.24) is 10.9 Å². The van der Waals surface area contributed by atoms with Crippen molar-refractivity contribution in [2.75, 3.05) is 5.75 Å². The molecule has 0 fully saturated rings. The summed E-state index contributed by atoms with van der Waals surface area (Å²) in [5.41, 5.74) is 6.27. The number of nitrogens with one attached hydrogen (secondary N) is 2. The molecule has 0 bridgehead atoms. The third-order valence-corrected chi connectivity index (χ3v) is 4.27. The van der Waals surface area contributed by atoms with E-state index in [4.69, 9.17) is 16.0 Å². The Morgan fingerprint density at radius 3 is 2.48 bits per heavy atom. The van der Waals surface area contributed by atoms with Crippen LogP contribution in [0, 0.1) is 13.8 Å². The highest BCUT2D eigenvalue weighted by molar-refractivity contribution is 7.99. The van der Waals surface area contributed by atoms with Gasteiger partial charge in [-0.15, -0.1) is 11.8 Å². The van der Waals surface area contributed by atoms with Gasteiger partial charge in [-0.25, -0.2) is 0 Å². The fourth-order valence-corrected chi connectivity index (χ4v) is 2.84. The summed E-state index contributed by atoms with van der Waals surface area (Å²) >= 11 is 7.26. The molecule has 0 saturated carbocycles. The molecular formula is C16H17ClN2O3S. The fraction of sp³-hybridized carbons (Fsp3) is 0.250. The highest BCUT2D eigenvalue weighted by Gasteiger charge is 2.13. The zero-order chi connectivity index (χ0) is 16.8. The molecule has 7 heteroatoms. The van der Waals surface area contributed by atoms with E-state index in [0.29, 0.717) is 27.9 Å². The van der Waals surface area contributed by atoms with E-state index in [1.165, 1.54) is 11.8 Å². The fourth-order valence-electron chi connectivity index (χ4n) is 1.93. The van der Waals surface area contributed by atoms with E-state index in [-0.39, 0.29) is 11.7 Å². The van der Waals surface area contributed by atoms with Gasteiger partial charge in [0.05, 0.1) is 11.3 Å². The molecule has 0 radical (unpaired) electrons. The minimum absolute atomic E-state index is 0.242. The number of hydrazine groups is 1. The second-order valence-electron chi connectivity index (χ2n) is 4.95. The maximum atomic E-state index is 11.9. The molecule has 0 unspecified atom stereocenters. The van der Waals surface area contributed by atoms with Crippen LogP contribution in [0.4, 0.5) is 0 Å². The molecule has 2 rings (SSSR count). The first kappa shape index (κ1) is 17.4. The van der Waals surface area contributed by atoms with Crippen molar-refractivity contribution in [1.29, 1.82) is 0 Å². The van der Waals surface area contributed by atoms with E-state index in [1.807, 2.05) is 24.3 Å². The van der Waals surface area contributed by atoms with E-state index < -0.39 is 5.91 Å². The van der Waals surface area contributed by atoms with E-state index in [0.717, 1.165) is 5.56 Å². The smallest absolute Gasteiger partial charge is 0.273 e. The van der Waals surface area contributed by atoms with Crippen LogP contribution in [0.1, 0.15) is 27.4 Å². The van der Waals surface area contributed by atoms with Gasteiger partial charge in [-0.1, -0.05) is 23.7 Å². The predicted molar refractivity (Wildman–Crippen MR) is 91.4 cm³/mol. The van der Waals surface area contributed by atoms with E-state index >= 15 is 0 Å². The predicted octanol–water partition coefficient (Wildman–Crippen LogP) is 3.24. The van der Waals surface area contributed by atoms with Crippen molar-refractivity contribution in [3.05, 3.63) is 58.0 Å². The van der Waals surface area contributed by atoms with Crippen LogP contribution in [0.2, 0.25) is 5.02 Å². The van der Waals surface area contributed by atoms with Crippen LogP contribution in [0.3, 0.4) is 0 Å². The Hall–Kier alpha value is -1.92. The van der Waals surface area contributed by atoms with Crippen LogP contribution in [-0.2, 0) is 10.5 Å². The number of amides is 2. The first-order chi connectivity index (χ1) is 11.0. The summed E-state index contributed by atoms with van der Waals surface area (Å²) in [7, 11) is 0. The highest BCUT2D eigenvalue weighted by atomic mass is 35.5. The molecule has 0 atom stereocenters. The third-order valence-electron chi connectivity index (χ3n) is 3.02. The second kappa shape index (κ2) is 8.08. The number of hydrogen-bond acceptors (Lipinski definition) is 4. The summed E-state index contributed by atoms with van der Waals surface area (Å²) in [5.74, 6) is 1.44. The number of thioether (sulfide) groups is 1. The molecule has 0 spiro atoms. The van der Waals surface area contributed by atoms with Crippen molar-refractivity contribution in [2.24, 2.45) is 0 Å². The Balaban J connectivity index is 1.71. The van der Waals surface area contributed by atoms with Crippen LogP contribution in [0.5, 0.6) is 0 Å². The van der Waals surface area contributed by atoms with Crippen LogP contribution >= 0.6 is 23.4 Å². The lowest BCUT2D eigenvalue weighted by Gasteiger charge is -2.07. The van der Waals surface area contributed by atoms with E-state index in [9.17, 15) is 9.59 Å². The number of halogens is 1. The number of carbonyl (C=O) groups excluding carboxylic acids is 2. The Bertz CT molecular complexity index is 698. The van der Waals surface area contributed by atoms with Gasteiger partial charge in [0.25, 0.3) is 5.91 Å². The summed E-state index contributed by atoms with van der Waals surface area (Å²) in [4.78, 5) is 23.6. The second-order valence-corrected chi connectivity index (χ2v) is 6.37. The Kier molecular flexibility index (Phi) is 6.12. The number of aryl methyl sites for hydroxylation is 2. The number of furan rings is 1. The maximum absolute atomic E-state index is 11.9. The molecule has 1 aromatic carbocycles. The van der Waals surface area contributed by atoms with Gasteiger partial charge in [-0.05, 0) is 37.6 Å². The Morgan fingerprint density at radius 2 is 1.87 bits per heavy atom. The van der Waals surface area contributed by atoms with Crippen molar-refractivity contribution in [3.8, 4) is 0 Å². The Labute approximate surface area is 143 Å². The number of carbonyl (C=O) groups is 2. The average molecular weight is 353 g/mol. The highest BCUT2D eigenvalue weighted by Crippen LogP contribution is 2.15. The monoisotopic (exact) mass is 352 g/mol. The summed E-state index contributed by atoms with van der Waals surface area (Å²) in [6.07, 6.45) is 0. The molecule has 0 aliphatic carbocycles. The van der Waals surface area contributed by atoms with E-state index in [1.54, 1.807) is 19.9 Å². The normalized spacial score (nSPS) is 10.4. The standard InChI is InChI=1S/C16H17ClN2O3S/c1-10-7-14(11(2)22-10)16(21)19-18-15(20)9-23-8-12-3-5-13(17)6-4-12/h3-7H,8-9H2,1-2H3,(H,18,20)(H,19,21). The number of benzene rings is 1. The molecule has 0 saturated heterocycles. The van der Waals surface area contributed by atoms with Crippen LogP contribution < -0.4 is 10.9 Å². The molecule has 0 aliphatic heterocycles. The summed E-state index contributed by atoms with van der Waals surface area (Å²) in [5, 5.41) is 0.684. The van der Waals surface area contributed by atoms with Crippen LogP contribution in [-0.4, -0.2) is 17.6 Å². The summed E-state index contributed by atoms with van der Waals surface area (Å²) < 4.78 is 5.28. The van der Waals surface area contributed by atoms with Crippen molar-refractivity contribution >= 4 is 35.2 Å². The SMILES string of the molecule is Cc1cc(C(=O)NNC(=O)CSCc2ccc(Cl)cc2)c(C)o1.